The number of aromatic nitrogens is 1. The third-order valence-corrected chi connectivity index (χ3v) is 4.77. The standard InChI is InChI=1S/C16H17N3O6S/c1-4-25-12-6-5-10(7-11(12)19(23)24)14(20)17-9(3)15-18-8(2)13(26-15)16(21)22/h5-7,9H,4H2,1-3H3,(H,17,20)(H,21,22). The van der Waals surface area contributed by atoms with Crippen LogP contribution in [0.15, 0.2) is 18.2 Å². The molecule has 26 heavy (non-hydrogen) atoms. The fraction of sp³-hybridized carbons (Fsp3) is 0.312. The molecule has 0 aliphatic rings. The van der Waals surface area contributed by atoms with Crippen LogP contribution in [0, 0.1) is 17.0 Å². The van der Waals surface area contributed by atoms with E-state index in [9.17, 15) is 19.7 Å². The van der Waals surface area contributed by atoms with Gasteiger partial charge in [-0.3, -0.25) is 14.9 Å². The van der Waals surface area contributed by atoms with Gasteiger partial charge in [-0.1, -0.05) is 0 Å². The maximum absolute atomic E-state index is 12.4. The topological polar surface area (TPSA) is 132 Å². The lowest BCUT2D eigenvalue weighted by Gasteiger charge is -2.12. The van der Waals surface area contributed by atoms with Crippen LogP contribution in [0.4, 0.5) is 5.69 Å². The molecule has 1 unspecified atom stereocenters. The van der Waals surface area contributed by atoms with Crippen molar-refractivity contribution < 1.29 is 24.4 Å². The largest absolute Gasteiger partial charge is 0.487 e. The molecular weight excluding hydrogens is 362 g/mol. The van der Waals surface area contributed by atoms with Gasteiger partial charge < -0.3 is 15.2 Å². The zero-order chi connectivity index (χ0) is 19.4. The first-order valence-electron chi connectivity index (χ1n) is 7.67. The molecule has 0 aliphatic carbocycles. The summed E-state index contributed by atoms with van der Waals surface area (Å²) in [5.41, 5.74) is 0.166. The molecule has 0 saturated heterocycles. The highest BCUT2D eigenvalue weighted by atomic mass is 32.1. The van der Waals surface area contributed by atoms with Crippen LogP contribution in [0.1, 0.15) is 50.6 Å². The van der Waals surface area contributed by atoms with E-state index in [2.05, 4.69) is 10.3 Å². The smallest absolute Gasteiger partial charge is 0.347 e. The Morgan fingerprint density at radius 3 is 2.69 bits per heavy atom. The predicted molar refractivity (Wildman–Crippen MR) is 94.0 cm³/mol. The van der Waals surface area contributed by atoms with E-state index < -0.39 is 22.8 Å². The van der Waals surface area contributed by atoms with E-state index in [0.29, 0.717) is 10.7 Å². The lowest BCUT2D eigenvalue weighted by Crippen LogP contribution is -2.26. The molecule has 0 aliphatic heterocycles. The zero-order valence-electron chi connectivity index (χ0n) is 14.3. The van der Waals surface area contributed by atoms with Gasteiger partial charge in [-0.05, 0) is 32.9 Å². The van der Waals surface area contributed by atoms with Gasteiger partial charge in [0.2, 0.25) is 0 Å². The van der Waals surface area contributed by atoms with Gasteiger partial charge in [-0.15, -0.1) is 11.3 Å². The fourth-order valence-electron chi connectivity index (χ4n) is 2.22. The number of thiazole rings is 1. The fourth-order valence-corrected chi connectivity index (χ4v) is 3.13. The highest BCUT2D eigenvalue weighted by Crippen LogP contribution is 2.29. The van der Waals surface area contributed by atoms with Gasteiger partial charge in [0.1, 0.15) is 9.88 Å². The molecule has 2 aromatic rings. The average Bonchev–Trinajstić information content (AvgIpc) is 2.97. The SMILES string of the molecule is CCOc1ccc(C(=O)NC(C)c2nc(C)c(C(=O)O)s2)cc1[N+](=O)[O-]. The van der Waals surface area contributed by atoms with Gasteiger partial charge in [0.05, 0.1) is 23.3 Å². The van der Waals surface area contributed by atoms with E-state index in [4.69, 9.17) is 9.84 Å². The molecule has 10 heteroatoms. The first kappa shape index (κ1) is 19.3. The average molecular weight is 379 g/mol. The third kappa shape index (κ3) is 4.14. The van der Waals surface area contributed by atoms with E-state index in [0.717, 1.165) is 17.4 Å². The lowest BCUT2D eigenvalue weighted by molar-refractivity contribution is -0.385. The summed E-state index contributed by atoms with van der Waals surface area (Å²) in [7, 11) is 0. The number of carbonyl (C=O) groups excluding carboxylic acids is 1. The van der Waals surface area contributed by atoms with Crippen LogP contribution in [0.5, 0.6) is 5.75 Å². The summed E-state index contributed by atoms with van der Waals surface area (Å²) in [6.07, 6.45) is 0. The number of ether oxygens (including phenoxy) is 1. The summed E-state index contributed by atoms with van der Waals surface area (Å²) in [6.45, 7) is 5.20. The minimum atomic E-state index is -1.08. The maximum atomic E-state index is 12.4. The molecular formula is C16H17N3O6S. The quantitative estimate of drug-likeness (QED) is 0.558. The number of nitro groups is 1. The van der Waals surface area contributed by atoms with Crippen molar-refractivity contribution in [3.05, 3.63) is 49.5 Å². The minimum absolute atomic E-state index is 0.0868. The van der Waals surface area contributed by atoms with Crippen molar-refractivity contribution in [3.8, 4) is 5.75 Å². The number of nitrogens with one attached hydrogen (secondary N) is 1. The predicted octanol–water partition coefficient (Wildman–Crippen LogP) is 2.95. The van der Waals surface area contributed by atoms with Crippen LogP contribution in [0.2, 0.25) is 0 Å². The van der Waals surface area contributed by atoms with Gasteiger partial charge in [0, 0.05) is 11.6 Å². The third-order valence-electron chi connectivity index (χ3n) is 3.44. The summed E-state index contributed by atoms with van der Waals surface area (Å²) in [5, 5.41) is 23.3. The highest BCUT2D eigenvalue weighted by Gasteiger charge is 2.22. The Labute approximate surface area is 152 Å². The molecule has 9 nitrogen and oxygen atoms in total. The Bertz CT molecular complexity index is 864. The van der Waals surface area contributed by atoms with Crippen LogP contribution < -0.4 is 10.1 Å². The Balaban J connectivity index is 2.21. The normalized spacial score (nSPS) is 11.7. The van der Waals surface area contributed by atoms with Gasteiger partial charge in [-0.25, -0.2) is 9.78 Å². The number of hydrogen-bond donors (Lipinski definition) is 2. The van der Waals surface area contributed by atoms with Crippen molar-refractivity contribution in [1.29, 1.82) is 0 Å². The van der Waals surface area contributed by atoms with Crippen LogP contribution >= 0.6 is 11.3 Å². The van der Waals surface area contributed by atoms with Crippen molar-refractivity contribution in [1.82, 2.24) is 10.3 Å². The number of rotatable bonds is 7. The van der Waals surface area contributed by atoms with Crippen LogP contribution in [-0.4, -0.2) is 33.5 Å². The van der Waals surface area contributed by atoms with E-state index in [1.165, 1.54) is 12.1 Å². The summed E-state index contributed by atoms with van der Waals surface area (Å²) >= 11 is 0.976. The summed E-state index contributed by atoms with van der Waals surface area (Å²) < 4.78 is 5.18. The van der Waals surface area contributed by atoms with E-state index in [-0.39, 0.29) is 28.5 Å². The van der Waals surface area contributed by atoms with Crippen molar-refractivity contribution in [2.45, 2.75) is 26.8 Å². The first-order chi connectivity index (χ1) is 12.2. The van der Waals surface area contributed by atoms with E-state index in [1.807, 2.05) is 0 Å². The molecule has 1 amide bonds. The number of amides is 1. The molecule has 0 radical (unpaired) electrons. The Morgan fingerprint density at radius 1 is 1.46 bits per heavy atom. The molecule has 1 aromatic carbocycles. The number of carbonyl (C=O) groups is 2. The molecule has 2 rings (SSSR count). The molecule has 138 valence electrons. The van der Waals surface area contributed by atoms with Crippen molar-refractivity contribution in [2.75, 3.05) is 6.61 Å². The number of carboxylic acid groups (broad SMARTS) is 1. The van der Waals surface area contributed by atoms with Crippen molar-refractivity contribution >= 4 is 28.9 Å². The summed E-state index contributed by atoms with van der Waals surface area (Å²) in [4.78, 5) is 38.3. The molecule has 0 spiro atoms. The second-order valence-corrected chi connectivity index (χ2v) is 6.37. The number of nitrogens with zero attached hydrogens (tertiary/aromatic N) is 2. The number of aromatic carboxylic acids is 1. The number of nitro benzene ring substituents is 1. The van der Waals surface area contributed by atoms with Gasteiger partial charge >= 0.3 is 11.7 Å². The molecule has 2 N–H and O–H groups in total. The molecule has 1 aromatic heterocycles. The zero-order valence-corrected chi connectivity index (χ0v) is 15.1. The van der Waals surface area contributed by atoms with E-state index in [1.54, 1.807) is 20.8 Å². The summed E-state index contributed by atoms with van der Waals surface area (Å²) in [6, 6.07) is 3.39. The number of carboxylic acids is 1. The van der Waals surface area contributed by atoms with Crippen molar-refractivity contribution in [2.24, 2.45) is 0 Å². The first-order valence-corrected chi connectivity index (χ1v) is 8.49. The maximum Gasteiger partial charge on any atom is 0.347 e. The Kier molecular flexibility index (Phi) is 5.88. The molecule has 0 fully saturated rings. The second kappa shape index (κ2) is 7.91. The Hall–Kier alpha value is -3.01. The second-order valence-electron chi connectivity index (χ2n) is 5.34. The van der Waals surface area contributed by atoms with Crippen LogP contribution in [-0.2, 0) is 0 Å². The monoisotopic (exact) mass is 379 g/mol. The molecule has 0 saturated carbocycles. The van der Waals surface area contributed by atoms with E-state index >= 15 is 0 Å². The van der Waals surface area contributed by atoms with Gasteiger partial charge in [0.15, 0.2) is 5.75 Å². The van der Waals surface area contributed by atoms with Crippen molar-refractivity contribution in [3.63, 3.8) is 0 Å². The van der Waals surface area contributed by atoms with Crippen LogP contribution in [0.3, 0.4) is 0 Å². The highest BCUT2D eigenvalue weighted by molar-refractivity contribution is 7.13. The Morgan fingerprint density at radius 2 is 2.15 bits per heavy atom. The van der Waals surface area contributed by atoms with Gasteiger partial charge in [0.25, 0.3) is 5.91 Å². The summed E-state index contributed by atoms with van der Waals surface area (Å²) in [5.74, 6) is -1.52. The molecule has 0 bridgehead atoms. The minimum Gasteiger partial charge on any atom is -0.487 e. The number of hydrogen-bond acceptors (Lipinski definition) is 7. The number of aryl methyl sites for hydroxylation is 1. The molecule has 1 heterocycles. The molecule has 1 atom stereocenters. The number of benzene rings is 1. The lowest BCUT2D eigenvalue weighted by atomic mass is 10.1. The van der Waals surface area contributed by atoms with Crippen LogP contribution in [0.25, 0.3) is 0 Å². The van der Waals surface area contributed by atoms with Gasteiger partial charge in [-0.2, -0.15) is 0 Å².